The number of carbonyl (C=O) groups is 1. The molecular weight excluding hydrogens is 266 g/mol. The first-order chi connectivity index (χ1) is 10.2. The van der Waals surface area contributed by atoms with Crippen LogP contribution in [0.1, 0.15) is 27.0 Å². The second kappa shape index (κ2) is 7.22. The summed E-state index contributed by atoms with van der Waals surface area (Å²) in [4.78, 5) is 12.0. The van der Waals surface area contributed by atoms with Crippen LogP contribution >= 0.6 is 0 Å². The average molecular weight is 281 g/mol. The number of rotatable bonds is 5. The number of methoxy groups -OCH3 is 1. The third-order valence-corrected chi connectivity index (χ3v) is 2.97. The van der Waals surface area contributed by atoms with Crippen molar-refractivity contribution in [2.24, 2.45) is 0 Å². The van der Waals surface area contributed by atoms with Crippen LogP contribution < -0.4 is 0 Å². The fourth-order valence-electron chi connectivity index (χ4n) is 1.94. The topological polar surface area (TPSA) is 59.3 Å². The average Bonchev–Trinajstić information content (AvgIpc) is 2.53. The van der Waals surface area contributed by atoms with E-state index in [1.165, 1.54) is 0 Å². The first-order valence-electron chi connectivity index (χ1n) is 6.47. The molecule has 0 saturated carbocycles. The molecule has 2 aromatic rings. The Morgan fingerprint density at radius 3 is 2.71 bits per heavy atom. The molecule has 0 N–H and O–H groups in total. The lowest BCUT2D eigenvalue weighted by Gasteiger charge is -2.07. The van der Waals surface area contributed by atoms with Gasteiger partial charge in [-0.3, -0.25) is 0 Å². The van der Waals surface area contributed by atoms with Gasteiger partial charge in [-0.2, -0.15) is 5.26 Å². The highest BCUT2D eigenvalue weighted by Crippen LogP contribution is 2.12. The van der Waals surface area contributed by atoms with Crippen LogP contribution in [0.25, 0.3) is 0 Å². The molecule has 2 rings (SSSR count). The molecule has 0 aliphatic rings. The van der Waals surface area contributed by atoms with Gasteiger partial charge in [0.15, 0.2) is 0 Å². The van der Waals surface area contributed by atoms with Gasteiger partial charge in [-0.1, -0.05) is 30.3 Å². The summed E-state index contributed by atoms with van der Waals surface area (Å²) in [6.45, 7) is 0.523. The maximum absolute atomic E-state index is 12.0. The fraction of sp³-hybridized carbons (Fsp3) is 0.176. The second-order valence-electron chi connectivity index (χ2n) is 4.48. The largest absolute Gasteiger partial charge is 0.457 e. The van der Waals surface area contributed by atoms with E-state index >= 15 is 0 Å². The Kier molecular flexibility index (Phi) is 5.08. The highest BCUT2D eigenvalue weighted by Gasteiger charge is 2.09. The number of hydrogen-bond donors (Lipinski definition) is 0. The van der Waals surface area contributed by atoms with Crippen molar-refractivity contribution in [1.82, 2.24) is 0 Å². The standard InChI is InChI=1S/C17H15NO3/c1-20-11-13-5-4-8-14(9-13)17(19)21-12-16-7-3-2-6-15(16)10-18/h2-9H,11-12H2,1H3. The minimum absolute atomic E-state index is 0.0804. The number of nitriles is 1. The molecule has 0 unspecified atom stereocenters. The van der Waals surface area contributed by atoms with Gasteiger partial charge in [0.2, 0.25) is 0 Å². The minimum Gasteiger partial charge on any atom is -0.457 e. The molecule has 106 valence electrons. The summed E-state index contributed by atoms with van der Waals surface area (Å²) in [7, 11) is 1.60. The molecule has 4 nitrogen and oxygen atoms in total. The van der Waals surface area contributed by atoms with Crippen molar-refractivity contribution in [3.05, 3.63) is 70.8 Å². The van der Waals surface area contributed by atoms with E-state index in [4.69, 9.17) is 14.7 Å². The Bertz CT molecular complexity index is 674. The van der Waals surface area contributed by atoms with E-state index in [-0.39, 0.29) is 6.61 Å². The molecule has 0 radical (unpaired) electrons. The van der Waals surface area contributed by atoms with Gasteiger partial charge in [0, 0.05) is 12.7 Å². The van der Waals surface area contributed by atoms with Crippen LogP contribution in [0.15, 0.2) is 48.5 Å². The van der Waals surface area contributed by atoms with E-state index in [0.717, 1.165) is 5.56 Å². The number of ether oxygens (including phenoxy) is 2. The summed E-state index contributed by atoms with van der Waals surface area (Å²) in [6, 6.07) is 16.2. The quantitative estimate of drug-likeness (QED) is 0.790. The summed E-state index contributed by atoms with van der Waals surface area (Å²) < 4.78 is 10.3. The lowest BCUT2D eigenvalue weighted by atomic mass is 10.1. The SMILES string of the molecule is COCc1cccc(C(=O)OCc2ccccc2C#N)c1. The van der Waals surface area contributed by atoms with Gasteiger partial charge in [0.25, 0.3) is 0 Å². The first-order valence-corrected chi connectivity index (χ1v) is 6.47. The third kappa shape index (κ3) is 3.91. The van der Waals surface area contributed by atoms with Gasteiger partial charge in [-0.15, -0.1) is 0 Å². The molecule has 0 aromatic heterocycles. The smallest absolute Gasteiger partial charge is 0.338 e. The summed E-state index contributed by atoms with van der Waals surface area (Å²) >= 11 is 0. The van der Waals surface area contributed by atoms with Gasteiger partial charge >= 0.3 is 5.97 Å². The highest BCUT2D eigenvalue weighted by molar-refractivity contribution is 5.89. The van der Waals surface area contributed by atoms with Crippen molar-refractivity contribution < 1.29 is 14.3 Å². The lowest BCUT2D eigenvalue weighted by molar-refractivity contribution is 0.0472. The fourth-order valence-corrected chi connectivity index (χ4v) is 1.94. The Balaban J connectivity index is 2.05. The van der Waals surface area contributed by atoms with E-state index in [1.807, 2.05) is 12.1 Å². The van der Waals surface area contributed by atoms with Crippen molar-refractivity contribution in [3.63, 3.8) is 0 Å². The molecule has 0 aliphatic heterocycles. The van der Waals surface area contributed by atoms with Crippen LogP contribution in [0.4, 0.5) is 0 Å². The van der Waals surface area contributed by atoms with Crippen molar-refractivity contribution in [2.45, 2.75) is 13.2 Å². The summed E-state index contributed by atoms with van der Waals surface area (Å²) in [5.74, 6) is -0.416. The normalized spacial score (nSPS) is 9.90. The molecule has 0 saturated heterocycles. The van der Waals surface area contributed by atoms with Crippen molar-refractivity contribution in [1.29, 1.82) is 5.26 Å². The van der Waals surface area contributed by atoms with Crippen LogP contribution in [0.5, 0.6) is 0 Å². The van der Waals surface area contributed by atoms with E-state index in [0.29, 0.717) is 23.3 Å². The van der Waals surface area contributed by atoms with Crippen LogP contribution in [0.3, 0.4) is 0 Å². The van der Waals surface area contributed by atoms with Crippen LogP contribution in [-0.2, 0) is 22.7 Å². The number of hydrogen-bond acceptors (Lipinski definition) is 4. The predicted molar refractivity (Wildman–Crippen MR) is 77.4 cm³/mol. The molecule has 4 heteroatoms. The van der Waals surface area contributed by atoms with Crippen LogP contribution in [-0.4, -0.2) is 13.1 Å². The lowest BCUT2D eigenvalue weighted by Crippen LogP contribution is -2.06. The van der Waals surface area contributed by atoms with E-state index < -0.39 is 5.97 Å². The molecule has 0 amide bonds. The highest BCUT2D eigenvalue weighted by atomic mass is 16.5. The Hall–Kier alpha value is -2.64. The molecule has 21 heavy (non-hydrogen) atoms. The zero-order valence-corrected chi connectivity index (χ0v) is 11.7. The molecule has 0 atom stereocenters. The van der Waals surface area contributed by atoms with Crippen molar-refractivity contribution in [3.8, 4) is 6.07 Å². The van der Waals surface area contributed by atoms with Crippen molar-refractivity contribution in [2.75, 3.05) is 7.11 Å². The van der Waals surface area contributed by atoms with Gasteiger partial charge in [0.05, 0.1) is 23.8 Å². The van der Waals surface area contributed by atoms with E-state index in [9.17, 15) is 4.79 Å². The summed E-state index contributed by atoms with van der Waals surface area (Å²) in [5, 5.41) is 8.99. The van der Waals surface area contributed by atoms with Gasteiger partial charge in [-0.05, 0) is 23.8 Å². The zero-order valence-electron chi connectivity index (χ0n) is 11.7. The molecule has 0 aliphatic carbocycles. The summed E-state index contributed by atoms with van der Waals surface area (Å²) in [5.41, 5.74) is 2.59. The van der Waals surface area contributed by atoms with E-state index in [2.05, 4.69) is 6.07 Å². The molecule has 2 aromatic carbocycles. The van der Waals surface area contributed by atoms with E-state index in [1.54, 1.807) is 43.5 Å². The van der Waals surface area contributed by atoms with Gasteiger partial charge < -0.3 is 9.47 Å². The zero-order chi connectivity index (χ0) is 15.1. The van der Waals surface area contributed by atoms with Gasteiger partial charge in [-0.25, -0.2) is 4.79 Å². The number of benzene rings is 2. The molecule has 0 heterocycles. The van der Waals surface area contributed by atoms with Crippen molar-refractivity contribution >= 4 is 5.97 Å². The number of carbonyl (C=O) groups excluding carboxylic acids is 1. The molecule has 0 spiro atoms. The molecular formula is C17H15NO3. The Labute approximate surface area is 123 Å². The first kappa shape index (κ1) is 14.8. The Morgan fingerprint density at radius 2 is 1.95 bits per heavy atom. The maximum atomic E-state index is 12.0. The second-order valence-corrected chi connectivity index (χ2v) is 4.48. The minimum atomic E-state index is -0.416. The Morgan fingerprint density at radius 1 is 1.14 bits per heavy atom. The van der Waals surface area contributed by atoms with Crippen LogP contribution in [0, 0.1) is 11.3 Å². The third-order valence-electron chi connectivity index (χ3n) is 2.97. The van der Waals surface area contributed by atoms with Gasteiger partial charge in [0.1, 0.15) is 6.61 Å². The maximum Gasteiger partial charge on any atom is 0.338 e. The monoisotopic (exact) mass is 281 g/mol. The molecule has 0 bridgehead atoms. The number of nitrogens with zero attached hydrogens (tertiary/aromatic N) is 1. The number of esters is 1. The summed E-state index contributed by atoms with van der Waals surface area (Å²) in [6.07, 6.45) is 0. The van der Waals surface area contributed by atoms with Crippen LogP contribution in [0.2, 0.25) is 0 Å². The molecule has 0 fully saturated rings. The predicted octanol–water partition coefficient (Wildman–Crippen LogP) is 3.06.